The molecule has 1 amide bonds. The second-order valence-electron chi connectivity index (χ2n) is 5.88. The minimum absolute atomic E-state index is 0.134. The lowest BCUT2D eigenvalue weighted by molar-refractivity contribution is 0.0778. The number of benzene rings is 1. The molecular weight excluding hydrogens is 260 g/mol. The summed E-state index contributed by atoms with van der Waals surface area (Å²) >= 11 is 0. The summed E-state index contributed by atoms with van der Waals surface area (Å²) in [6.45, 7) is 1.91. The standard InChI is InChI=1S/C16H19F2NO/c1-2-10-7-13(10)11-4-3-5-12(6-11)16(20)19-8-14(17)15(18)9-19/h3-6,10,13-15H,2,7-9H2,1H3/t10-,13-,14+,15+/m0/s1. The van der Waals surface area contributed by atoms with Crippen molar-refractivity contribution < 1.29 is 13.6 Å². The summed E-state index contributed by atoms with van der Waals surface area (Å²) in [7, 11) is 0. The lowest BCUT2D eigenvalue weighted by Crippen LogP contribution is -2.29. The number of amides is 1. The van der Waals surface area contributed by atoms with Crippen molar-refractivity contribution in [2.24, 2.45) is 5.92 Å². The SMILES string of the molecule is CC[C@H]1C[C@@H]1c1cccc(C(=O)N2C[C@@H](F)[C@H](F)C2)c1. The fourth-order valence-electron chi connectivity index (χ4n) is 3.08. The molecule has 2 nitrogen and oxygen atoms in total. The Hall–Kier alpha value is -1.45. The Morgan fingerprint density at radius 1 is 1.30 bits per heavy atom. The third kappa shape index (κ3) is 2.43. The van der Waals surface area contributed by atoms with Gasteiger partial charge < -0.3 is 4.90 Å². The molecular formula is C16H19F2NO. The first-order chi connectivity index (χ1) is 9.60. The van der Waals surface area contributed by atoms with Crippen molar-refractivity contribution in [1.82, 2.24) is 4.90 Å². The van der Waals surface area contributed by atoms with Crippen molar-refractivity contribution >= 4 is 5.91 Å². The van der Waals surface area contributed by atoms with Crippen LogP contribution in [0.1, 0.15) is 41.6 Å². The maximum Gasteiger partial charge on any atom is 0.254 e. The molecule has 0 aromatic heterocycles. The van der Waals surface area contributed by atoms with Crippen LogP contribution in [0.5, 0.6) is 0 Å². The average Bonchev–Trinajstić information content (AvgIpc) is 3.18. The minimum Gasteiger partial charge on any atom is -0.333 e. The monoisotopic (exact) mass is 279 g/mol. The Balaban J connectivity index is 1.74. The molecule has 3 rings (SSSR count). The second-order valence-corrected chi connectivity index (χ2v) is 5.88. The lowest BCUT2D eigenvalue weighted by atomic mass is 10.0. The normalized spacial score (nSPS) is 32.5. The summed E-state index contributed by atoms with van der Waals surface area (Å²) in [4.78, 5) is 13.6. The Bertz CT molecular complexity index is 509. The highest BCUT2D eigenvalue weighted by atomic mass is 19.2. The van der Waals surface area contributed by atoms with Crippen LogP contribution in [-0.4, -0.2) is 36.2 Å². The number of nitrogens with zero attached hydrogens (tertiary/aromatic N) is 1. The molecule has 108 valence electrons. The molecule has 0 spiro atoms. The van der Waals surface area contributed by atoms with Gasteiger partial charge in [-0.3, -0.25) is 4.79 Å². The minimum atomic E-state index is -1.55. The topological polar surface area (TPSA) is 20.3 Å². The van der Waals surface area contributed by atoms with Crippen LogP contribution >= 0.6 is 0 Å². The molecule has 1 aliphatic carbocycles. The molecule has 20 heavy (non-hydrogen) atoms. The van der Waals surface area contributed by atoms with Gasteiger partial charge in [0.05, 0.1) is 13.1 Å². The summed E-state index contributed by atoms with van der Waals surface area (Å²) in [5, 5.41) is 0. The largest absolute Gasteiger partial charge is 0.333 e. The molecule has 0 N–H and O–H groups in total. The van der Waals surface area contributed by atoms with E-state index in [4.69, 9.17) is 0 Å². The smallest absolute Gasteiger partial charge is 0.254 e. The zero-order chi connectivity index (χ0) is 14.3. The van der Waals surface area contributed by atoms with Gasteiger partial charge in [0.15, 0.2) is 12.3 Å². The molecule has 0 bridgehead atoms. The number of hydrogen-bond acceptors (Lipinski definition) is 1. The molecule has 1 saturated heterocycles. The Labute approximate surface area is 117 Å². The molecule has 0 radical (unpaired) electrons. The average molecular weight is 279 g/mol. The van der Waals surface area contributed by atoms with Gasteiger partial charge in [0.2, 0.25) is 0 Å². The number of rotatable bonds is 3. The highest BCUT2D eigenvalue weighted by Crippen LogP contribution is 2.49. The molecule has 2 fully saturated rings. The van der Waals surface area contributed by atoms with Gasteiger partial charge in [-0.1, -0.05) is 25.5 Å². The molecule has 2 aliphatic rings. The van der Waals surface area contributed by atoms with Crippen LogP contribution in [0.15, 0.2) is 24.3 Å². The van der Waals surface area contributed by atoms with Crippen LogP contribution < -0.4 is 0 Å². The van der Waals surface area contributed by atoms with Gasteiger partial charge >= 0.3 is 0 Å². The summed E-state index contributed by atoms with van der Waals surface area (Å²) in [6, 6.07) is 7.52. The molecule has 1 aliphatic heterocycles. The van der Waals surface area contributed by atoms with Crippen LogP contribution in [0.4, 0.5) is 8.78 Å². The van der Waals surface area contributed by atoms with E-state index in [9.17, 15) is 13.6 Å². The first-order valence-electron chi connectivity index (χ1n) is 7.27. The van der Waals surface area contributed by atoms with Gasteiger partial charge in [-0.05, 0) is 36.0 Å². The third-order valence-corrected chi connectivity index (χ3v) is 4.48. The number of carbonyl (C=O) groups excluding carboxylic acids is 1. The summed E-state index contributed by atoms with van der Waals surface area (Å²) in [5.74, 6) is 1.01. The van der Waals surface area contributed by atoms with E-state index in [2.05, 4.69) is 6.92 Å². The van der Waals surface area contributed by atoms with Gasteiger partial charge in [0, 0.05) is 5.56 Å². The van der Waals surface area contributed by atoms with Gasteiger partial charge in [-0.25, -0.2) is 8.78 Å². The van der Waals surface area contributed by atoms with Crippen molar-refractivity contribution in [2.75, 3.05) is 13.1 Å². The van der Waals surface area contributed by atoms with E-state index in [-0.39, 0.29) is 19.0 Å². The van der Waals surface area contributed by atoms with Crippen LogP contribution in [0.2, 0.25) is 0 Å². The first-order valence-corrected chi connectivity index (χ1v) is 7.27. The van der Waals surface area contributed by atoms with E-state index >= 15 is 0 Å². The number of hydrogen-bond donors (Lipinski definition) is 0. The van der Waals surface area contributed by atoms with E-state index in [1.165, 1.54) is 16.9 Å². The number of halogens is 2. The lowest BCUT2D eigenvalue weighted by Gasteiger charge is -2.15. The summed E-state index contributed by atoms with van der Waals surface area (Å²) in [5.41, 5.74) is 1.72. The fourth-order valence-corrected chi connectivity index (χ4v) is 3.08. The van der Waals surface area contributed by atoms with Gasteiger partial charge in [-0.15, -0.1) is 0 Å². The Morgan fingerprint density at radius 3 is 2.60 bits per heavy atom. The van der Waals surface area contributed by atoms with Crippen molar-refractivity contribution in [1.29, 1.82) is 0 Å². The van der Waals surface area contributed by atoms with Crippen LogP contribution in [0.25, 0.3) is 0 Å². The van der Waals surface area contributed by atoms with Gasteiger partial charge in [0.25, 0.3) is 5.91 Å². The Kier molecular flexibility index (Phi) is 3.48. The van der Waals surface area contributed by atoms with Crippen molar-refractivity contribution in [3.05, 3.63) is 35.4 Å². The predicted molar refractivity (Wildman–Crippen MR) is 73.3 cm³/mol. The highest BCUT2D eigenvalue weighted by Gasteiger charge is 2.38. The van der Waals surface area contributed by atoms with E-state index in [1.807, 2.05) is 18.2 Å². The van der Waals surface area contributed by atoms with Crippen LogP contribution in [0.3, 0.4) is 0 Å². The van der Waals surface area contributed by atoms with E-state index < -0.39 is 12.3 Å². The van der Waals surface area contributed by atoms with Crippen LogP contribution in [0, 0.1) is 5.92 Å². The number of carbonyl (C=O) groups is 1. The molecule has 1 aromatic carbocycles. The molecule has 1 heterocycles. The number of likely N-dealkylation sites (tertiary alicyclic amines) is 1. The molecule has 4 atom stereocenters. The van der Waals surface area contributed by atoms with Crippen molar-refractivity contribution in [2.45, 2.75) is 38.0 Å². The molecule has 1 aromatic rings. The fraction of sp³-hybridized carbons (Fsp3) is 0.562. The molecule has 1 saturated carbocycles. The van der Waals surface area contributed by atoms with E-state index in [0.717, 1.165) is 12.3 Å². The van der Waals surface area contributed by atoms with E-state index in [0.29, 0.717) is 11.5 Å². The second kappa shape index (κ2) is 5.15. The van der Waals surface area contributed by atoms with Crippen molar-refractivity contribution in [3.8, 4) is 0 Å². The third-order valence-electron chi connectivity index (χ3n) is 4.48. The zero-order valence-electron chi connectivity index (χ0n) is 11.6. The van der Waals surface area contributed by atoms with Gasteiger partial charge in [-0.2, -0.15) is 0 Å². The van der Waals surface area contributed by atoms with E-state index in [1.54, 1.807) is 6.07 Å². The quantitative estimate of drug-likeness (QED) is 0.831. The van der Waals surface area contributed by atoms with Crippen molar-refractivity contribution in [3.63, 3.8) is 0 Å². The summed E-state index contributed by atoms with van der Waals surface area (Å²) < 4.78 is 26.4. The van der Waals surface area contributed by atoms with Crippen LogP contribution in [-0.2, 0) is 0 Å². The zero-order valence-corrected chi connectivity index (χ0v) is 11.6. The number of alkyl halides is 2. The maximum atomic E-state index is 13.2. The van der Waals surface area contributed by atoms with Gasteiger partial charge in [0.1, 0.15) is 0 Å². The molecule has 4 heteroatoms. The molecule has 0 unspecified atom stereocenters. The summed E-state index contributed by atoms with van der Waals surface area (Å²) in [6.07, 6.45) is -0.760. The predicted octanol–water partition coefficient (Wildman–Crippen LogP) is 3.33. The highest BCUT2D eigenvalue weighted by molar-refractivity contribution is 5.94. The first kappa shape index (κ1) is 13.5. The Morgan fingerprint density at radius 2 is 2.00 bits per heavy atom. The maximum absolute atomic E-state index is 13.2.